The highest BCUT2D eigenvalue weighted by atomic mass is 32.2. The lowest BCUT2D eigenvalue weighted by Gasteiger charge is -2.39. The van der Waals surface area contributed by atoms with E-state index in [2.05, 4.69) is 57.2 Å². The van der Waals surface area contributed by atoms with Crippen LogP contribution in [0.3, 0.4) is 0 Å². The molecule has 3 nitrogen and oxygen atoms in total. The molecule has 0 spiro atoms. The Balaban J connectivity index is 1.91. The van der Waals surface area contributed by atoms with Crippen molar-refractivity contribution in [1.29, 1.82) is 0 Å². The summed E-state index contributed by atoms with van der Waals surface area (Å²) in [5.74, 6) is 0. The molecule has 0 aromatic heterocycles. The topological polar surface area (TPSA) is 43.4 Å². The Bertz CT molecular complexity index is 1270. The molecule has 0 radical (unpaired) electrons. The molecule has 0 aliphatic heterocycles. The van der Waals surface area contributed by atoms with Gasteiger partial charge in [-0.2, -0.15) is 0 Å². The Hall–Kier alpha value is -2.99. The van der Waals surface area contributed by atoms with Crippen molar-refractivity contribution in [2.24, 2.45) is 5.41 Å². The minimum absolute atomic E-state index is 0.208. The third-order valence-electron chi connectivity index (χ3n) is 6.71. The first-order valence-electron chi connectivity index (χ1n) is 12.8. The van der Waals surface area contributed by atoms with Crippen LogP contribution in [0.2, 0.25) is 0 Å². The standard InChI is InChI=1S/C32H36O3SSi/c1-26(31(25-32(2,3)4)36(33,34)27-17-9-5-10-18-27)35-37(28-19-11-6-12-20-28,29-21-13-7-14-22-29)30-23-15-8-16-24-30/h5-24,26,31H,25H2,1-4H3/t26-,31+/m0/s1. The van der Waals surface area contributed by atoms with Gasteiger partial charge in [-0.25, -0.2) is 8.42 Å². The van der Waals surface area contributed by atoms with Gasteiger partial charge in [0, 0.05) is 0 Å². The van der Waals surface area contributed by atoms with Crippen LogP contribution < -0.4 is 15.6 Å². The van der Waals surface area contributed by atoms with E-state index in [0.717, 1.165) is 15.6 Å². The first kappa shape index (κ1) is 27.1. The fourth-order valence-corrected chi connectivity index (χ4v) is 11.4. The van der Waals surface area contributed by atoms with Gasteiger partial charge in [0.2, 0.25) is 0 Å². The molecule has 4 aromatic carbocycles. The molecule has 192 valence electrons. The summed E-state index contributed by atoms with van der Waals surface area (Å²) in [6, 6.07) is 39.7. The lowest BCUT2D eigenvalue weighted by molar-refractivity contribution is 0.190. The predicted octanol–water partition coefficient (Wildman–Crippen LogP) is 5.34. The minimum Gasteiger partial charge on any atom is -0.400 e. The molecule has 0 bridgehead atoms. The zero-order valence-corrected chi connectivity index (χ0v) is 23.9. The highest BCUT2D eigenvalue weighted by Gasteiger charge is 2.46. The van der Waals surface area contributed by atoms with E-state index >= 15 is 0 Å². The summed E-state index contributed by atoms with van der Waals surface area (Å²) in [4.78, 5) is 0.339. The molecule has 0 saturated heterocycles. The van der Waals surface area contributed by atoms with Crippen molar-refractivity contribution in [2.45, 2.75) is 50.4 Å². The molecule has 0 N–H and O–H groups in total. The Morgan fingerprint density at radius 3 is 1.35 bits per heavy atom. The maximum Gasteiger partial charge on any atom is 0.288 e. The SMILES string of the molecule is C[C@H](O[Si](c1ccccc1)(c1ccccc1)c1ccccc1)[C@@H](CC(C)(C)C)S(=O)(=O)c1ccccc1. The maximum absolute atomic E-state index is 14.1. The summed E-state index contributed by atoms with van der Waals surface area (Å²) in [6.07, 6.45) is -0.0782. The highest BCUT2D eigenvalue weighted by Crippen LogP contribution is 2.32. The normalized spacial score (nSPS) is 14.2. The van der Waals surface area contributed by atoms with Crippen LogP contribution in [0.15, 0.2) is 126 Å². The monoisotopic (exact) mass is 528 g/mol. The summed E-state index contributed by atoms with van der Waals surface area (Å²) in [7, 11) is -6.72. The number of hydrogen-bond donors (Lipinski definition) is 0. The summed E-state index contributed by atoms with van der Waals surface area (Å²) >= 11 is 0. The van der Waals surface area contributed by atoms with Crippen LogP contribution in [0.5, 0.6) is 0 Å². The van der Waals surface area contributed by atoms with E-state index in [1.807, 2.05) is 67.6 Å². The van der Waals surface area contributed by atoms with Gasteiger partial charge in [0.05, 0.1) is 16.2 Å². The first-order valence-corrected chi connectivity index (χ1v) is 16.2. The van der Waals surface area contributed by atoms with Crippen molar-refractivity contribution in [1.82, 2.24) is 0 Å². The van der Waals surface area contributed by atoms with E-state index in [1.165, 1.54) is 0 Å². The van der Waals surface area contributed by atoms with Crippen molar-refractivity contribution in [3.63, 3.8) is 0 Å². The largest absolute Gasteiger partial charge is 0.400 e. The second kappa shape index (κ2) is 11.2. The number of rotatable bonds is 9. The fourth-order valence-electron chi connectivity index (χ4n) is 4.99. The van der Waals surface area contributed by atoms with Crippen LogP contribution in [0.1, 0.15) is 34.1 Å². The van der Waals surface area contributed by atoms with E-state index in [0.29, 0.717) is 11.3 Å². The molecule has 4 aromatic rings. The van der Waals surface area contributed by atoms with Crippen LogP contribution >= 0.6 is 0 Å². The van der Waals surface area contributed by atoms with Gasteiger partial charge < -0.3 is 4.43 Å². The Kier molecular flexibility index (Phi) is 8.17. The molecule has 0 aliphatic rings. The van der Waals surface area contributed by atoms with Crippen molar-refractivity contribution in [2.75, 3.05) is 0 Å². The molecule has 0 amide bonds. The number of hydrogen-bond acceptors (Lipinski definition) is 3. The van der Waals surface area contributed by atoms with E-state index in [1.54, 1.807) is 24.3 Å². The maximum atomic E-state index is 14.1. The molecule has 2 atom stereocenters. The fraction of sp³-hybridized carbons (Fsp3) is 0.250. The van der Waals surface area contributed by atoms with Crippen LogP contribution in [0.25, 0.3) is 0 Å². The Morgan fingerprint density at radius 2 is 1.00 bits per heavy atom. The van der Waals surface area contributed by atoms with Gasteiger partial charge in [0.1, 0.15) is 0 Å². The Morgan fingerprint density at radius 1 is 0.649 bits per heavy atom. The van der Waals surface area contributed by atoms with E-state index < -0.39 is 29.5 Å². The van der Waals surface area contributed by atoms with Crippen molar-refractivity contribution in [3.8, 4) is 0 Å². The third-order valence-corrected chi connectivity index (χ3v) is 13.2. The van der Waals surface area contributed by atoms with Crippen LogP contribution in [-0.4, -0.2) is 28.1 Å². The molecule has 37 heavy (non-hydrogen) atoms. The molecule has 4 rings (SSSR count). The zero-order valence-electron chi connectivity index (χ0n) is 22.0. The van der Waals surface area contributed by atoms with Crippen LogP contribution in [0.4, 0.5) is 0 Å². The summed E-state index contributed by atoms with van der Waals surface area (Å²) in [5, 5.41) is 2.56. The van der Waals surface area contributed by atoms with Gasteiger partial charge in [-0.3, -0.25) is 0 Å². The molecule has 0 aliphatic carbocycles. The lowest BCUT2D eigenvalue weighted by Crippen LogP contribution is -2.71. The molecule has 0 heterocycles. The minimum atomic E-state index is -3.66. The predicted molar refractivity (Wildman–Crippen MR) is 156 cm³/mol. The Labute approximate surface area is 223 Å². The van der Waals surface area contributed by atoms with Gasteiger partial charge in [-0.15, -0.1) is 0 Å². The van der Waals surface area contributed by atoms with Gasteiger partial charge in [-0.1, -0.05) is 130 Å². The van der Waals surface area contributed by atoms with E-state index in [9.17, 15) is 8.42 Å². The molecule has 0 saturated carbocycles. The second-order valence-corrected chi connectivity index (χ2v) is 16.3. The van der Waals surface area contributed by atoms with E-state index in [-0.39, 0.29) is 5.41 Å². The van der Waals surface area contributed by atoms with Gasteiger partial charge in [0.25, 0.3) is 8.32 Å². The van der Waals surface area contributed by atoms with Gasteiger partial charge in [-0.05, 0) is 46.5 Å². The quantitative estimate of drug-likeness (QED) is 0.218. The highest BCUT2D eigenvalue weighted by molar-refractivity contribution is 7.92. The summed E-state index contributed by atoms with van der Waals surface area (Å²) in [5.41, 5.74) is -0.208. The summed E-state index contributed by atoms with van der Waals surface area (Å²) < 4.78 is 35.4. The molecule has 0 fully saturated rings. The first-order chi connectivity index (χ1) is 17.6. The average Bonchev–Trinajstić information content (AvgIpc) is 2.92. The van der Waals surface area contributed by atoms with Crippen LogP contribution in [-0.2, 0) is 14.3 Å². The van der Waals surface area contributed by atoms with Crippen molar-refractivity contribution in [3.05, 3.63) is 121 Å². The molecule has 5 heteroatoms. The molecular weight excluding hydrogens is 493 g/mol. The van der Waals surface area contributed by atoms with E-state index in [4.69, 9.17) is 4.43 Å². The zero-order chi connectivity index (χ0) is 26.5. The van der Waals surface area contributed by atoms with Crippen LogP contribution in [0, 0.1) is 5.41 Å². The van der Waals surface area contributed by atoms with Gasteiger partial charge >= 0.3 is 0 Å². The van der Waals surface area contributed by atoms with Crippen molar-refractivity contribution >= 4 is 33.7 Å². The average molecular weight is 529 g/mol. The summed E-state index contributed by atoms with van der Waals surface area (Å²) in [6.45, 7) is 8.20. The lowest BCUT2D eigenvalue weighted by atomic mass is 9.89. The number of sulfone groups is 1. The molecular formula is C32H36O3SSi. The van der Waals surface area contributed by atoms with Gasteiger partial charge in [0.15, 0.2) is 9.84 Å². The smallest absolute Gasteiger partial charge is 0.288 e. The second-order valence-electron chi connectivity index (χ2n) is 10.8. The molecule has 0 unspecified atom stereocenters. The number of benzene rings is 4. The van der Waals surface area contributed by atoms with Crippen molar-refractivity contribution < 1.29 is 12.8 Å². The third kappa shape index (κ3) is 5.95.